The van der Waals surface area contributed by atoms with Crippen LogP contribution in [0.3, 0.4) is 0 Å². The molecule has 0 aliphatic carbocycles. The number of carbonyl (C=O) groups is 1. The lowest BCUT2D eigenvalue weighted by atomic mass is 10.2. The van der Waals surface area contributed by atoms with Crippen LogP contribution < -0.4 is 0 Å². The highest BCUT2D eigenvalue weighted by Gasteiger charge is 2.19. The first-order valence-corrected chi connectivity index (χ1v) is 4.33. The Morgan fingerprint density at radius 3 is 2.80 bits per heavy atom. The number of nitro groups is 1. The summed E-state index contributed by atoms with van der Waals surface area (Å²) in [6, 6.07) is -0.394. The standard InChI is InChI=1S/C8H11N3O4/c1-5(3-8(12)13)10-4-7(11(14)15)6(2)9-10/h4-5H,3H2,1-2H3,(H,12,13). The Bertz CT molecular complexity index is 399. The first kappa shape index (κ1) is 11.2. The van der Waals surface area contributed by atoms with E-state index < -0.39 is 16.9 Å². The van der Waals surface area contributed by atoms with Crippen molar-refractivity contribution in [3.63, 3.8) is 0 Å². The van der Waals surface area contributed by atoms with Crippen molar-refractivity contribution in [1.82, 2.24) is 9.78 Å². The van der Waals surface area contributed by atoms with E-state index in [0.717, 1.165) is 0 Å². The molecule has 1 unspecified atom stereocenters. The molecule has 0 fully saturated rings. The van der Waals surface area contributed by atoms with Crippen LogP contribution >= 0.6 is 0 Å². The number of rotatable bonds is 4. The topological polar surface area (TPSA) is 98.3 Å². The molecule has 0 aromatic carbocycles. The molecule has 7 nitrogen and oxygen atoms in total. The number of nitrogens with zero attached hydrogens (tertiary/aromatic N) is 3. The molecule has 0 spiro atoms. The van der Waals surface area contributed by atoms with Gasteiger partial charge in [-0.1, -0.05) is 0 Å². The SMILES string of the molecule is Cc1nn(C(C)CC(=O)O)cc1[N+](=O)[O-]. The molecule has 0 aliphatic heterocycles. The summed E-state index contributed by atoms with van der Waals surface area (Å²) in [4.78, 5) is 20.4. The van der Waals surface area contributed by atoms with Gasteiger partial charge in [0.05, 0.1) is 17.4 Å². The van der Waals surface area contributed by atoms with E-state index in [1.54, 1.807) is 6.92 Å². The third kappa shape index (κ3) is 2.52. The van der Waals surface area contributed by atoms with E-state index >= 15 is 0 Å². The number of hydrogen-bond donors (Lipinski definition) is 1. The van der Waals surface area contributed by atoms with Crippen molar-refractivity contribution < 1.29 is 14.8 Å². The zero-order valence-corrected chi connectivity index (χ0v) is 8.38. The third-order valence-electron chi connectivity index (χ3n) is 2.01. The molecule has 0 saturated carbocycles. The minimum Gasteiger partial charge on any atom is -0.481 e. The Hall–Kier alpha value is -1.92. The molecule has 15 heavy (non-hydrogen) atoms. The molecule has 0 bridgehead atoms. The second-order valence-corrected chi connectivity index (χ2v) is 3.28. The maximum absolute atomic E-state index is 10.5. The van der Waals surface area contributed by atoms with Crippen LogP contribution in [-0.4, -0.2) is 25.8 Å². The molecule has 7 heteroatoms. The van der Waals surface area contributed by atoms with Gasteiger partial charge in [-0.15, -0.1) is 0 Å². The minimum atomic E-state index is -0.960. The fraction of sp³-hybridized carbons (Fsp3) is 0.500. The molecular weight excluding hydrogens is 202 g/mol. The van der Waals surface area contributed by atoms with E-state index in [2.05, 4.69) is 5.10 Å². The molecule has 1 aromatic rings. The summed E-state index contributed by atoms with van der Waals surface area (Å²) >= 11 is 0. The summed E-state index contributed by atoms with van der Waals surface area (Å²) in [7, 11) is 0. The molecule has 0 saturated heterocycles. The van der Waals surface area contributed by atoms with E-state index in [4.69, 9.17) is 5.11 Å². The van der Waals surface area contributed by atoms with Crippen LogP contribution in [0.15, 0.2) is 6.20 Å². The Morgan fingerprint density at radius 1 is 1.80 bits per heavy atom. The second kappa shape index (κ2) is 4.07. The van der Waals surface area contributed by atoms with Crippen molar-refractivity contribution >= 4 is 11.7 Å². The average Bonchev–Trinajstić information content (AvgIpc) is 2.46. The number of carboxylic acid groups (broad SMARTS) is 1. The van der Waals surface area contributed by atoms with Crippen LogP contribution in [0.4, 0.5) is 5.69 Å². The van der Waals surface area contributed by atoms with Crippen LogP contribution in [0.1, 0.15) is 25.1 Å². The van der Waals surface area contributed by atoms with Crippen molar-refractivity contribution in [3.05, 3.63) is 22.0 Å². The highest BCUT2D eigenvalue weighted by atomic mass is 16.6. The van der Waals surface area contributed by atoms with Gasteiger partial charge in [0.25, 0.3) is 0 Å². The number of carboxylic acids is 1. The number of aliphatic carboxylic acids is 1. The van der Waals surface area contributed by atoms with E-state index in [-0.39, 0.29) is 17.8 Å². The van der Waals surface area contributed by atoms with Gasteiger partial charge in [0.2, 0.25) is 0 Å². The van der Waals surface area contributed by atoms with Gasteiger partial charge >= 0.3 is 11.7 Å². The molecule has 0 aliphatic rings. The van der Waals surface area contributed by atoms with Gasteiger partial charge in [0.1, 0.15) is 11.9 Å². The normalized spacial score (nSPS) is 12.4. The van der Waals surface area contributed by atoms with Crippen molar-refractivity contribution in [1.29, 1.82) is 0 Å². The number of aromatic nitrogens is 2. The van der Waals surface area contributed by atoms with Crippen LogP contribution in [0.25, 0.3) is 0 Å². The number of aryl methyl sites for hydroxylation is 1. The van der Waals surface area contributed by atoms with Crippen LogP contribution in [0.5, 0.6) is 0 Å². The lowest BCUT2D eigenvalue weighted by Gasteiger charge is -2.07. The molecule has 1 heterocycles. The molecule has 1 N–H and O–H groups in total. The minimum absolute atomic E-state index is 0.0905. The monoisotopic (exact) mass is 213 g/mol. The van der Waals surface area contributed by atoms with Crippen LogP contribution in [-0.2, 0) is 4.79 Å². The molecular formula is C8H11N3O4. The Morgan fingerprint density at radius 2 is 2.40 bits per heavy atom. The summed E-state index contributed by atoms with van der Waals surface area (Å²) in [5.41, 5.74) is 0.199. The van der Waals surface area contributed by atoms with Crippen molar-refractivity contribution in [2.45, 2.75) is 26.3 Å². The van der Waals surface area contributed by atoms with Crippen LogP contribution in [0, 0.1) is 17.0 Å². The molecule has 0 amide bonds. The Labute approximate surface area is 85.5 Å². The van der Waals surface area contributed by atoms with Crippen molar-refractivity contribution in [2.75, 3.05) is 0 Å². The zero-order valence-electron chi connectivity index (χ0n) is 8.38. The molecule has 1 rings (SSSR count). The summed E-state index contributed by atoms with van der Waals surface area (Å²) in [5, 5.41) is 23.0. The summed E-state index contributed by atoms with van der Waals surface area (Å²) < 4.78 is 1.31. The van der Waals surface area contributed by atoms with Gasteiger partial charge in [-0.05, 0) is 13.8 Å². The first-order valence-electron chi connectivity index (χ1n) is 4.33. The van der Waals surface area contributed by atoms with E-state index in [1.807, 2.05) is 0 Å². The van der Waals surface area contributed by atoms with E-state index in [1.165, 1.54) is 17.8 Å². The van der Waals surface area contributed by atoms with Crippen molar-refractivity contribution in [3.8, 4) is 0 Å². The molecule has 1 aromatic heterocycles. The maximum atomic E-state index is 10.5. The Kier molecular flexibility index (Phi) is 3.03. The van der Waals surface area contributed by atoms with Crippen molar-refractivity contribution in [2.24, 2.45) is 0 Å². The first-order chi connectivity index (χ1) is 6.91. The van der Waals surface area contributed by atoms with Gasteiger partial charge in [-0.3, -0.25) is 19.6 Å². The van der Waals surface area contributed by atoms with Gasteiger partial charge in [-0.25, -0.2) is 0 Å². The zero-order chi connectivity index (χ0) is 11.6. The second-order valence-electron chi connectivity index (χ2n) is 3.28. The molecule has 1 atom stereocenters. The quantitative estimate of drug-likeness (QED) is 0.597. The predicted molar refractivity (Wildman–Crippen MR) is 50.6 cm³/mol. The lowest BCUT2D eigenvalue weighted by molar-refractivity contribution is -0.385. The average molecular weight is 213 g/mol. The van der Waals surface area contributed by atoms with Gasteiger partial charge in [0, 0.05) is 0 Å². The summed E-state index contributed by atoms with van der Waals surface area (Å²) in [6.45, 7) is 3.16. The fourth-order valence-corrected chi connectivity index (χ4v) is 1.22. The fourth-order valence-electron chi connectivity index (χ4n) is 1.22. The summed E-state index contributed by atoms with van der Waals surface area (Å²) in [6.07, 6.45) is 1.14. The third-order valence-corrected chi connectivity index (χ3v) is 2.01. The maximum Gasteiger partial charge on any atom is 0.309 e. The van der Waals surface area contributed by atoms with E-state index in [0.29, 0.717) is 0 Å². The van der Waals surface area contributed by atoms with E-state index in [9.17, 15) is 14.9 Å². The predicted octanol–water partition coefficient (Wildman–Crippen LogP) is 1.14. The van der Waals surface area contributed by atoms with Gasteiger partial charge in [0.15, 0.2) is 0 Å². The Balaban J connectivity index is 2.91. The highest BCUT2D eigenvalue weighted by molar-refractivity contribution is 5.67. The summed E-state index contributed by atoms with van der Waals surface area (Å²) in [5.74, 6) is -0.960. The smallest absolute Gasteiger partial charge is 0.309 e. The van der Waals surface area contributed by atoms with Crippen LogP contribution in [0.2, 0.25) is 0 Å². The molecule has 0 radical (unpaired) electrons. The number of hydrogen-bond acceptors (Lipinski definition) is 4. The highest BCUT2D eigenvalue weighted by Crippen LogP contribution is 2.19. The van der Waals surface area contributed by atoms with Gasteiger partial charge in [-0.2, -0.15) is 5.10 Å². The van der Waals surface area contributed by atoms with Gasteiger partial charge < -0.3 is 5.11 Å². The molecule has 82 valence electrons. The lowest BCUT2D eigenvalue weighted by Crippen LogP contribution is -2.10. The largest absolute Gasteiger partial charge is 0.481 e.